The summed E-state index contributed by atoms with van der Waals surface area (Å²) in [7, 11) is 0. The van der Waals surface area contributed by atoms with E-state index in [9.17, 15) is 10.1 Å². The second-order valence-electron chi connectivity index (χ2n) is 5.56. The Labute approximate surface area is 161 Å². The van der Waals surface area contributed by atoms with Crippen LogP contribution in [0.2, 0.25) is 0 Å². The summed E-state index contributed by atoms with van der Waals surface area (Å²) < 4.78 is 5.76. The SMILES string of the molecule is CSc1nc(-c2cccc(OCC=Cc3ccccc3)c2)c(C#N)c(=O)[nH]1. The molecule has 0 radical (unpaired) electrons. The Kier molecular flexibility index (Phi) is 6.08. The third-order valence-corrected chi connectivity index (χ3v) is 4.35. The molecule has 0 unspecified atom stereocenters. The molecule has 0 aliphatic rings. The molecule has 0 fully saturated rings. The molecule has 1 N–H and O–H groups in total. The molecule has 0 saturated carbocycles. The first kappa shape index (κ1) is 18.5. The fourth-order valence-corrected chi connectivity index (χ4v) is 2.87. The first-order valence-corrected chi connectivity index (χ1v) is 9.47. The van der Waals surface area contributed by atoms with E-state index in [4.69, 9.17) is 4.74 Å². The minimum atomic E-state index is -0.441. The summed E-state index contributed by atoms with van der Waals surface area (Å²) in [6.07, 6.45) is 5.73. The van der Waals surface area contributed by atoms with E-state index in [1.807, 2.05) is 66.9 Å². The van der Waals surface area contributed by atoms with Crippen LogP contribution in [0.1, 0.15) is 11.1 Å². The molecule has 0 atom stereocenters. The van der Waals surface area contributed by atoms with Gasteiger partial charge in [-0.2, -0.15) is 5.26 Å². The second-order valence-corrected chi connectivity index (χ2v) is 6.36. The summed E-state index contributed by atoms with van der Waals surface area (Å²) in [6, 6.07) is 19.1. The molecular formula is C21H17N3O2S. The number of benzene rings is 2. The van der Waals surface area contributed by atoms with Crippen LogP contribution in [0.4, 0.5) is 0 Å². The Morgan fingerprint density at radius 2 is 2.04 bits per heavy atom. The third kappa shape index (κ3) is 4.66. The maximum absolute atomic E-state index is 12.1. The van der Waals surface area contributed by atoms with Gasteiger partial charge in [0.1, 0.15) is 24.0 Å². The zero-order valence-corrected chi connectivity index (χ0v) is 15.5. The fraction of sp³-hybridized carbons (Fsp3) is 0.0952. The van der Waals surface area contributed by atoms with Crippen LogP contribution < -0.4 is 10.3 Å². The highest BCUT2D eigenvalue weighted by molar-refractivity contribution is 7.98. The molecule has 0 aliphatic carbocycles. The van der Waals surface area contributed by atoms with Gasteiger partial charge in [-0.25, -0.2) is 4.98 Å². The summed E-state index contributed by atoms with van der Waals surface area (Å²) in [6.45, 7) is 0.405. The molecule has 0 spiro atoms. The average Bonchev–Trinajstić information content (AvgIpc) is 2.71. The quantitative estimate of drug-likeness (QED) is 0.518. The molecule has 27 heavy (non-hydrogen) atoms. The highest BCUT2D eigenvalue weighted by Crippen LogP contribution is 2.25. The van der Waals surface area contributed by atoms with Crippen molar-refractivity contribution in [1.82, 2.24) is 9.97 Å². The van der Waals surface area contributed by atoms with Crippen molar-refractivity contribution >= 4 is 17.8 Å². The van der Waals surface area contributed by atoms with Crippen molar-refractivity contribution < 1.29 is 4.74 Å². The van der Waals surface area contributed by atoms with E-state index in [1.165, 1.54) is 11.8 Å². The predicted octanol–water partition coefficient (Wildman–Crippen LogP) is 4.12. The standard InChI is InChI=1S/C21H17N3O2S/c1-27-21-23-19(18(14-22)20(25)24-21)16-10-5-11-17(13-16)26-12-6-9-15-7-3-2-4-8-15/h2-11,13H,12H2,1H3,(H,23,24,25). The lowest BCUT2D eigenvalue weighted by atomic mass is 10.1. The minimum Gasteiger partial charge on any atom is -0.490 e. The lowest BCUT2D eigenvalue weighted by molar-refractivity contribution is 0.364. The van der Waals surface area contributed by atoms with Crippen molar-refractivity contribution in [3.05, 3.63) is 82.2 Å². The van der Waals surface area contributed by atoms with E-state index in [0.29, 0.717) is 28.8 Å². The van der Waals surface area contributed by atoms with Gasteiger partial charge in [0.2, 0.25) is 0 Å². The van der Waals surface area contributed by atoms with Gasteiger partial charge in [0, 0.05) is 5.56 Å². The topological polar surface area (TPSA) is 78.8 Å². The van der Waals surface area contributed by atoms with E-state index in [1.54, 1.807) is 12.1 Å². The van der Waals surface area contributed by atoms with Crippen LogP contribution in [0.15, 0.2) is 70.6 Å². The first-order valence-electron chi connectivity index (χ1n) is 8.24. The third-order valence-electron chi connectivity index (χ3n) is 3.77. The van der Waals surface area contributed by atoms with Gasteiger partial charge >= 0.3 is 0 Å². The van der Waals surface area contributed by atoms with Crippen LogP contribution in [-0.2, 0) is 0 Å². The second kappa shape index (κ2) is 8.88. The van der Waals surface area contributed by atoms with E-state index >= 15 is 0 Å². The molecule has 0 bridgehead atoms. The van der Waals surface area contributed by atoms with Crippen molar-refractivity contribution in [1.29, 1.82) is 5.26 Å². The van der Waals surface area contributed by atoms with Crippen LogP contribution in [0.3, 0.4) is 0 Å². The number of hydrogen-bond acceptors (Lipinski definition) is 5. The van der Waals surface area contributed by atoms with Gasteiger partial charge in [-0.15, -0.1) is 0 Å². The van der Waals surface area contributed by atoms with E-state index < -0.39 is 5.56 Å². The number of hydrogen-bond donors (Lipinski definition) is 1. The number of aromatic amines is 1. The molecule has 0 saturated heterocycles. The molecule has 1 aromatic heterocycles. The number of ether oxygens (including phenoxy) is 1. The molecule has 0 amide bonds. The molecule has 3 aromatic rings. The van der Waals surface area contributed by atoms with Gasteiger partial charge in [-0.1, -0.05) is 60.3 Å². The van der Waals surface area contributed by atoms with Gasteiger partial charge in [-0.05, 0) is 30.0 Å². The smallest absolute Gasteiger partial charge is 0.270 e. The monoisotopic (exact) mass is 375 g/mol. The number of rotatable bonds is 6. The number of nitrogens with zero attached hydrogens (tertiary/aromatic N) is 2. The van der Waals surface area contributed by atoms with Crippen LogP contribution in [0.25, 0.3) is 17.3 Å². The van der Waals surface area contributed by atoms with Crippen molar-refractivity contribution in [3.63, 3.8) is 0 Å². The molecule has 3 rings (SSSR count). The van der Waals surface area contributed by atoms with Crippen LogP contribution in [0.5, 0.6) is 5.75 Å². The lowest BCUT2D eigenvalue weighted by Gasteiger charge is -2.08. The Morgan fingerprint density at radius 1 is 1.22 bits per heavy atom. The fourth-order valence-electron chi connectivity index (χ4n) is 2.49. The summed E-state index contributed by atoms with van der Waals surface area (Å²) in [4.78, 5) is 19.1. The first-order chi connectivity index (χ1) is 13.2. The summed E-state index contributed by atoms with van der Waals surface area (Å²) in [5, 5.41) is 9.78. The highest BCUT2D eigenvalue weighted by Gasteiger charge is 2.13. The predicted molar refractivity (Wildman–Crippen MR) is 108 cm³/mol. The van der Waals surface area contributed by atoms with E-state index in [0.717, 1.165) is 5.56 Å². The van der Waals surface area contributed by atoms with Gasteiger partial charge in [0.15, 0.2) is 5.16 Å². The molecule has 1 heterocycles. The lowest BCUT2D eigenvalue weighted by Crippen LogP contribution is -2.14. The Hall–Kier alpha value is -3.30. The van der Waals surface area contributed by atoms with Gasteiger partial charge in [0.25, 0.3) is 5.56 Å². The van der Waals surface area contributed by atoms with Gasteiger partial charge in [0.05, 0.1) is 5.69 Å². The summed E-state index contributed by atoms with van der Waals surface area (Å²) >= 11 is 1.31. The molecule has 0 aliphatic heterocycles. The molecule has 2 aromatic carbocycles. The van der Waals surface area contributed by atoms with Gasteiger partial charge < -0.3 is 9.72 Å². The average molecular weight is 375 g/mol. The van der Waals surface area contributed by atoms with Gasteiger partial charge in [-0.3, -0.25) is 4.79 Å². The van der Waals surface area contributed by atoms with Crippen molar-refractivity contribution in [2.75, 3.05) is 12.9 Å². The van der Waals surface area contributed by atoms with Crippen LogP contribution in [-0.4, -0.2) is 22.8 Å². The molecule has 5 nitrogen and oxygen atoms in total. The zero-order valence-electron chi connectivity index (χ0n) is 14.7. The van der Waals surface area contributed by atoms with E-state index in [-0.39, 0.29) is 5.56 Å². The number of aromatic nitrogens is 2. The highest BCUT2D eigenvalue weighted by atomic mass is 32.2. The van der Waals surface area contributed by atoms with Crippen molar-refractivity contribution in [2.24, 2.45) is 0 Å². The van der Waals surface area contributed by atoms with Crippen molar-refractivity contribution in [3.8, 4) is 23.1 Å². The molecule has 6 heteroatoms. The Balaban J connectivity index is 1.80. The maximum atomic E-state index is 12.1. The number of thioether (sulfide) groups is 1. The normalized spacial score (nSPS) is 10.7. The van der Waals surface area contributed by atoms with E-state index in [2.05, 4.69) is 9.97 Å². The summed E-state index contributed by atoms with van der Waals surface area (Å²) in [5.74, 6) is 0.641. The number of nitrogens with one attached hydrogen (secondary N) is 1. The maximum Gasteiger partial charge on any atom is 0.270 e. The zero-order chi connectivity index (χ0) is 19.1. The minimum absolute atomic E-state index is 0.00563. The number of H-pyrrole nitrogens is 1. The largest absolute Gasteiger partial charge is 0.490 e. The van der Waals surface area contributed by atoms with Crippen LogP contribution in [0, 0.1) is 11.3 Å². The molecular weight excluding hydrogens is 358 g/mol. The Bertz CT molecular complexity index is 1050. The summed E-state index contributed by atoms with van der Waals surface area (Å²) in [5.41, 5.74) is 1.68. The van der Waals surface area contributed by atoms with Crippen LogP contribution >= 0.6 is 11.8 Å². The Morgan fingerprint density at radius 3 is 2.78 bits per heavy atom. The molecule has 134 valence electrons. The number of nitriles is 1. The van der Waals surface area contributed by atoms with Crippen molar-refractivity contribution in [2.45, 2.75) is 5.16 Å².